The van der Waals surface area contributed by atoms with Crippen LogP contribution in [0.2, 0.25) is 0 Å². The summed E-state index contributed by atoms with van der Waals surface area (Å²) in [5, 5.41) is 7.07. The van der Waals surface area contributed by atoms with Crippen molar-refractivity contribution in [2.45, 2.75) is 70.8 Å². The molecular weight excluding hydrogens is 336 g/mol. The molecule has 0 radical (unpaired) electrons. The van der Waals surface area contributed by atoms with Crippen LogP contribution in [-0.4, -0.2) is 42.6 Å². The Kier molecular flexibility index (Phi) is 8.52. The Morgan fingerprint density at radius 3 is 2.59 bits per heavy atom. The largest absolute Gasteiger partial charge is 0.376 e. The molecule has 0 saturated carbocycles. The summed E-state index contributed by atoms with van der Waals surface area (Å²) in [4.78, 5) is 0. The third-order valence-corrected chi connectivity index (χ3v) is 5.97. The number of rotatable bonds is 11. The molecule has 27 heavy (non-hydrogen) atoms. The molecule has 1 fully saturated rings. The summed E-state index contributed by atoms with van der Waals surface area (Å²) in [6.07, 6.45) is 8.06. The summed E-state index contributed by atoms with van der Waals surface area (Å²) in [5.41, 5.74) is 1.04. The zero-order chi connectivity index (χ0) is 19.7. The fraction of sp³-hybridized carbons (Fsp3) is 0.609. The Labute approximate surface area is 165 Å². The zero-order valence-electron chi connectivity index (χ0n) is 17.4. The molecule has 1 saturated heterocycles. The molecule has 0 amide bonds. The minimum atomic E-state index is -0.127. The highest BCUT2D eigenvalue weighted by Gasteiger charge is 2.42. The van der Waals surface area contributed by atoms with Crippen molar-refractivity contribution in [1.82, 2.24) is 5.01 Å². The van der Waals surface area contributed by atoms with Gasteiger partial charge >= 0.3 is 0 Å². The fourth-order valence-electron chi connectivity index (χ4n) is 3.95. The first-order valence-electron chi connectivity index (χ1n) is 10.2. The molecule has 0 aliphatic carbocycles. The van der Waals surface area contributed by atoms with Crippen LogP contribution < -0.4 is 0 Å². The number of hydrogen-bond donors (Lipinski definition) is 0. The third kappa shape index (κ3) is 5.43. The Morgan fingerprint density at radius 1 is 1.30 bits per heavy atom. The van der Waals surface area contributed by atoms with Gasteiger partial charge in [0.2, 0.25) is 0 Å². The van der Waals surface area contributed by atoms with E-state index < -0.39 is 0 Å². The lowest BCUT2D eigenvalue weighted by molar-refractivity contribution is -0.0733. The van der Waals surface area contributed by atoms with Crippen molar-refractivity contribution in [3.05, 3.63) is 48.6 Å². The predicted molar refractivity (Wildman–Crippen MR) is 113 cm³/mol. The van der Waals surface area contributed by atoms with Gasteiger partial charge in [-0.2, -0.15) is 5.10 Å². The summed E-state index contributed by atoms with van der Waals surface area (Å²) in [7, 11) is 1.83. The van der Waals surface area contributed by atoms with Crippen molar-refractivity contribution >= 4 is 6.21 Å². The van der Waals surface area contributed by atoms with Crippen molar-refractivity contribution in [3.8, 4) is 0 Å². The van der Waals surface area contributed by atoms with Crippen molar-refractivity contribution in [3.63, 3.8) is 0 Å². The molecule has 150 valence electrons. The summed E-state index contributed by atoms with van der Waals surface area (Å²) in [5.74, 6) is 0.197. The van der Waals surface area contributed by atoms with Crippen LogP contribution in [0, 0.1) is 5.92 Å². The normalized spacial score (nSPS) is 20.1. The van der Waals surface area contributed by atoms with Crippen molar-refractivity contribution < 1.29 is 9.47 Å². The van der Waals surface area contributed by atoms with Crippen LogP contribution in [0.5, 0.6) is 0 Å². The van der Waals surface area contributed by atoms with Crippen LogP contribution in [0.4, 0.5) is 0 Å². The first-order chi connectivity index (χ1) is 13.1. The first-order valence-corrected chi connectivity index (χ1v) is 10.2. The van der Waals surface area contributed by atoms with E-state index in [0.29, 0.717) is 12.6 Å². The lowest BCUT2D eigenvalue weighted by Crippen LogP contribution is -2.48. The average Bonchev–Trinajstić information content (AvgIpc) is 3.19. The van der Waals surface area contributed by atoms with Gasteiger partial charge in [-0.1, -0.05) is 57.2 Å². The fourth-order valence-corrected chi connectivity index (χ4v) is 3.95. The van der Waals surface area contributed by atoms with E-state index in [0.717, 1.165) is 32.2 Å². The SMILES string of the molecule is C=C[C@H](C)[C@H](/C=N/N1CCC[C@H]1C(CC)(CC)OC)OCc1ccccc1. The van der Waals surface area contributed by atoms with Gasteiger partial charge in [-0.05, 0) is 31.2 Å². The standard InChI is InChI=1S/C23H36N2O2/c1-6-19(4)21(27-18-20-13-10-9-11-14-20)17-24-25-16-12-15-22(25)23(7-2,8-3)26-5/h6,9-11,13-14,17,19,21-22H,1,7-8,12,15-16,18H2,2-5H3/b24-17+/t19-,21-,22-/m0/s1. The monoisotopic (exact) mass is 372 g/mol. The molecule has 2 rings (SSSR count). The summed E-state index contributed by atoms with van der Waals surface area (Å²) < 4.78 is 12.1. The van der Waals surface area contributed by atoms with E-state index in [2.05, 4.69) is 44.5 Å². The Balaban J connectivity index is 2.08. The minimum absolute atomic E-state index is 0.0934. The van der Waals surface area contributed by atoms with Crippen molar-refractivity contribution in [1.29, 1.82) is 0 Å². The lowest BCUT2D eigenvalue weighted by atomic mass is 9.87. The van der Waals surface area contributed by atoms with Crippen LogP contribution in [0.3, 0.4) is 0 Å². The average molecular weight is 373 g/mol. The van der Waals surface area contributed by atoms with E-state index in [1.54, 1.807) is 0 Å². The van der Waals surface area contributed by atoms with Crippen molar-refractivity contribution in [2.24, 2.45) is 11.0 Å². The predicted octanol–water partition coefficient (Wildman–Crippen LogP) is 5.05. The van der Waals surface area contributed by atoms with E-state index >= 15 is 0 Å². The van der Waals surface area contributed by atoms with Gasteiger partial charge in [0.25, 0.3) is 0 Å². The third-order valence-electron chi connectivity index (χ3n) is 5.97. The van der Waals surface area contributed by atoms with E-state index in [-0.39, 0.29) is 17.6 Å². The molecule has 1 aliphatic rings. The highest BCUT2D eigenvalue weighted by molar-refractivity contribution is 5.63. The maximum Gasteiger partial charge on any atom is 0.101 e. The van der Waals surface area contributed by atoms with E-state index in [1.807, 2.05) is 37.6 Å². The molecule has 0 aromatic heterocycles. The molecule has 0 unspecified atom stereocenters. The molecule has 1 aromatic carbocycles. The van der Waals surface area contributed by atoms with Gasteiger partial charge in [0.15, 0.2) is 0 Å². The molecule has 1 heterocycles. The smallest absolute Gasteiger partial charge is 0.101 e. The van der Waals surface area contributed by atoms with E-state index in [1.165, 1.54) is 5.56 Å². The number of methoxy groups -OCH3 is 1. The second-order valence-corrected chi connectivity index (χ2v) is 7.42. The number of benzene rings is 1. The van der Waals surface area contributed by atoms with Gasteiger partial charge in [-0.25, -0.2) is 0 Å². The molecule has 0 N–H and O–H groups in total. The van der Waals surface area contributed by atoms with Gasteiger partial charge < -0.3 is 9.47 Å². The lowest BCUT2D eigenvalue weighted by Gasteiger charge is -2.40. The molecule has 4 nitrogen and oxygen atoms in total. The van der Waals surface area contributed by atoms with Gasteiger partial charge in [0, 0.05) is 19.6 Å². The molecular formula is C23H36N2O2. The number of nitrogens with zero attached hydrogens (tertiary/aromatic N) is 2. The van der Waals surface area contributed by atoms with Crippen LogP contribution in [-0.2, 0) is 16.1 Å². The summed E-state index contributed by atoms with van der Waals surface area (Å²) >= 11 is 0. The molecule has 4 heteroatoms. The van der Waals surface area contributed by atoms with Crippen LogP contribution in [0.25, 0.3) is 0 Å². The topological polar surface area (TPSA) is 34.1 Å². The van der Waals surface area contributed by atoms with Crippen LogP contribution in [0.15, 0.2) is 48.1 Å². The van der Waals surface area contributed by atoms with E-state index in [4.69, 9.17) is 14.6 Å². The number of hydrogen-bond acceptors (Lipinski definition) is 4. The van der Waals surface area contributed by atoms with Gasteiger partial charge in [-0.3, -0.25) is 5.01 Å². The zero-order valence-corrected chi connectivity index (χ0v) is 17.4. The molecule has 0 bridgehead atoms. The van der Waals surface area contributed by atoms with Gasteiger partial charge in [0.1, 0.15) is 6.10 Å². The summed E-state index contributed by atoms with van der Waals surface area (Å²) in [6, 6.07) is 10.6. The Bertz CT molecular complexity index is 575. The maximum atomic E-state index is 6.16. The van der Waals surface area contributed by atoms with Crippen LogP contribution in [0.1, 0.15) is 52.0 Å². The molecule has 0 spiro atoms. The molecule has 1 aliphatic heterocycles. The van der Waals surface area contributed by atoms with Crippen molar-refractivity contribution in [2.75, 3.05) is 13.7 Å². The van der Waals surface area contributed by atoms with Crippen LogP contribution >= 0.6 is 0 Å². The van der Waals surface area contributed by atoms with E-state index in [9.17, 15) is 0 Å². The molecule has 3 atom stereocenters. The second-order valence-electron chi connectivity index (χ2n) is 7.42. The highest BCUT2D eigenvalue weighted by Crippen LogP contribution is 2.34. The maximum absolute atomic E-state index is 6.16. The quantitative estimate of drug-likeness (QED) is 0.403. The number of hydrazone groups is 1. The molecule has 1 aromatic rings. The highest BCUT2D eigenvalue weighted by atomic mass is 16.5. The second kappa shape index (κ2) is 10.6. The van der Waals surface area contributed by atoms with Gasteiger partial charge in [-0.15, -0.1) is 6.58 Å². The van der Waals surface area contributed by atoms with Gasteiger partial charge in [0.05, 0.1) is 24.5 Å². The first kappa shape index (κ1) is 21.6. The summed E-state index contributed by atoms with van der Waals surface area (Å²) in [6.45, 7) is 12.0. The Hall–Kier alpha value is -1.65. The Morgan fingerprint density at radius 2 is 2.00 bits per heavy atom. The number of ether oxygens (including phenoxy) is 2. The minimum Gasteiger partial charge on any atom is -0.376 e.